The molecule has 2 nitrogen and oxygen atoms in total. The van der Waals surface area contributed by atoms with Crippen LogP contribution in [-0.4, -0.2) is 29.3 Å². The number of rotatable bonds is 2. The van der Waals surface area contributed by atoms with Crippen LogP contribution in [0.4, 0.5) is 0 Å². The molecule has 0 saturated carbocycles. The molecule has 1 aliphatic heterocycles. The van der Waals surface area contributed by atoms with E-state index in [2.05, 4.69) is 25.7 Å². The predicted octanol–water partition coefficient (Wildman–Crippen LogP) is 1.84. The first-order valence-corrected chi connectivity index (χ1v) is 4.92. The van der Waals surface area contributed by atoms with E-state index in [0.717, 1.165) is 19.3 Å². The first-order valence-electron chi connectivity index (χ1n) is 4.92. The predicted molar refractivity (Wildman–Crippen MR) is 50.2 cm³/mol. The summed E-state index contributed by atoms with van der Waals surface area (Å²) in [5, 5.41) is 0. The molecule has 0 aromatic heterocycles. The Morgan fingerprint density at radius 1 is 1.67 bits per heavy atom. The summed E-state index contributed by atoms with van der Waals surface area (Å²) in [4.78, 5) is 13.5. The van der Waals surface area contributed by atoms with Gasteiger partial charge in [0.25, 0.3) is 0 Å². The van der Waals surface area contributed by atoms with Crippen molar-refractivity contribution in [2.45, 2.75) is 52.1 Å². The standard InChI is InChI=1S/C10H19NO/c1-4-8(2)11-7-10(12)6-5-9(11)3/h8-9H,4-7H2,1-3H3. The van der Waals surface area contributed by atoms with Crippen LogP contribution in [0.1, 0.15) is 40.0 Å². The van der Waals surface area contributed by atoms with Gasteiger partial charge < -0.3 is 0 Å². The van der Waals surface area contributed by atoms with Gasteiger partial charge in [-0.2, -0.15) is 0 Å². The van der Waals surface area contributed by atoms with E-state index in [1.807, 2.05) is 0 Å². The second-order valence-electron chi connectivity index (χ2n) is 3.86. The van der Waals surface area contributed by atoms with Crippen molar-refractivity contribution in [3.63, 3.8) is 0 Å². The monoisotopic (exact) mass is 169 g/mol. The second kappa shape index (κ2) is 4.04. The molecule has 0 spiro atoms. The molecule has 1 fully saturated rings. The number of carbonyl (C=O) groups excluding carboxylic acids is 1. The summed E-state index contributed by atoms with van der Waals surface area (Å²) in [7, 11) is 0. The zero-order valence-electron chi connectivity index (χ0n) is 8.34. The van der Waals surface area contributed by atoms with Crippen LogP contribution in [0.3, 0.4) is 0 Å². The smallest absolute Gasteiger partial charge is 0.146 e. The highest BCUT2D eigenvalue weighted by Gasteiger charge is 2.25. The Kier molecular flexibility index (Phi) is 3.27. The van der Waals surface area contributed by atoms with Crippen LogP contribution < -0.4 is 0 Å². The lowest BCUT2D eigenvalue weighted by Gasteiger charge is -2.36. The van der Waals surface area contributed by atoms with E-state index in [1.54, 1.807) is 0 Å². The Labute approximate surface area is 74.9 Å². The number of likely N-dealkylation sites (tertiary alicyclic amines) is 1. The molecule has 0 aromatic rings. The van der Waals surface area contributed by atoms with Gasteiger partial charge in [-0.3, -0.25) is 9.69 Å². The quantitative estimate of drug-likeness (QED) is 0.628. The summed E-state index contributed by atoms with van der Waals surface area (Å²) >= 11 is 0. The third-order valence-electron chi connectivity index (χ3n) is 2.92. The molecule has 0 aromatic carbocycles. The van der Waals surface area contributed by atoms with Crippen LogP contribution >= 0.6 is 0 Å². The highest BCUT2D eigenvalue weighted by atomic mass is 16.1. The fourth-order valence-electron chi connectivity index (χ4n) is 1.80. The number of ketones is 1. The Bertz CT molecular complexity index is 163. The van der Waals surface area contributed by atoms with E-state index >= 15 is 0 Å². The van der Waals surface area contributed by atoms with E-state index in [0.29, 0.717) is 24.4 Å². The van der Waals surface area contributed by atoms with Gasteiger partial charge in [0, 0.05) is 18.5 Å². The maximum Gasteiger partial charge on any atom is 0.146 e. The number of nitrogens with zero attached hydrogens (tertiary/aromatic N) is 1. The van der Waals surface area contributed by atoms with Gasteiger partial charge in [-0.1, -0.05) is 6.92 Å². The number of hydrogen-bond donors (Lipinski definition) is 0. The van der Waals surface area contributed by atoms with E-state index in [-0.39, 0.29) is 0 Å². The molecular weight excluding hydrogens is 150 g/mol. The van der Waals surface area contributed by atoms with E-state index in [4.69, 9.17) is 0 Å². The fraction of sp³-hybridized carbons (Fsp3) is 0.900. The molecule has 70 valence electrons. The summed E-state index contributed by atoms with van der Waals surface area (Å²) in [5.74, 6) is 0.411. The first kappa shape index (κ1) is 9.72. The van der Waals surface area contributed by atoms with Crippen molar-refractivity contribution < 1.29 is 4.79 Å². The molecule has 0 radical (unpaired) electrons. The minimum atomic E-state index is 0.411. The topological polar surface area (TPSA) is 20.3 Å². The van der Waals surface area contributed by atoms with Crippen LogP contribution in [0.2, 0.25) is 0 Å². The molecule has 1 rings (SSSR count). The molecule has 0 amide bonds. The van der Waals surface area contributed by atoms with Gasteiger partial charge in [-0.15, -0.1) is 0 Å². The Morgan fingerprint density at radius 2 is 2.33 bits per heavy atom. The SMILES string of the molecule is CCC(C)N1CC(=O)CCC1C. The summed E-state index contributed by atoms with van der Waals surface area (Å²) in [6.45, 7) is 7.28. The molecular formula is C10H19NO. The average molecular weight is 169 g/mol. The minimum Gasteiger partial charge on any atom is -0.298 e. The summed E-state index contributed by atoms with van der Waals surface area (Å²) in [6.07, 6.45) is 2.97. The van der Waals surface area contributed by atoms with Gasteiger partial charge in [0.15, 0.2) is 0 Å². The average Bonchev–Trinajstić information content (AvgIpc) is 2.08. The maximum atomic E-state index is 11.2. The second-order valence-corrected chi connectivity index (χ2v) is 3.86. The van der Waals surface area contributed by atoms with Crippen molar-refractivity contribution in [2.24, 2.45) is 0 Å². The molecule has 12 heavy (non-hydrogen) atoms. The molecule has 2 heteroatoms. The van der Waals surface area contributed by atoms with E-state index < -0.39 is 0 Å². The minimum absolute atomic E-state index is 0.411. The van der Waals surface area contributed by atoms with Crippen LogP contribution in [0.5, 0.6) is 0 Å². The van der Waals surface area contributed by atoms with Gasteiger partial charge in [0.05, 0.1) is 6.54 Å². The zero-order valence-corrected chi connectivity index (χ0v) is 8.34. The third kappa shape index (κ3) is 2.07. The summed E-state index contributed by atoms with van der Waals surface area (Å²) in [5.41, 5.74) is 0. The lowest BCUT2D eigenvalue weighted by Crippen LogP contribution is -2.46. The number of piperidine rings is 1. The Morgan fingerprint density at radius 3 is 2.92 bits per heavy atom. The Hall–Kier alpha value is -0.370. The molecule has 1 aliphatic rings. The Balaban J connectivity index is 2.54. The van der Waals surface area contributed by atoms with Gasteiger partial charge in [0.2, 0.25) is 0 Å². The van der Waals surface area contributed by atoms with Gasteiger partial charge in [0.1, 0.15) is 5.78 Å². The molecule has 1 heterocycles. The van der Waals surface area contributed by atoms with Crippen LogP contribution in [-0.2, 0) is 4.79 Å². The summed E-state index contributed by atoms with van der Waals surface area (Å²) < 4.78 is 0. The van der Waals surface area contributed by atoms with Crippen molar-refractivity contribution in [3.05, 3.63) is 0 Å². The number of Topliss-reactive ketones (excluding diaryl/α,β-unsaturated/α-hetero) is 1. The summed E-state index contributed by atoms with van der Waals surface area (Å²) in [6, 6.07) is 1.15. The van der Waals surface area contributed by atoms with Crippen molar-refractivity contribution in [3.8, 4) is 0 Å². The third-order valence-corrected chi connectivity index (χ3v) is 2.92. The zero-order chi connectivity index (χ0) is 9.14. The van der Waals surface area contributed by atoms with Crippen LogP contribution in [0.25, 0.3) is 0 Å². The van der Waals surface area contributed by atoms with Crippen molar-refractivity contribution in [1.29, 1.82) is 0 Å². The van der Waals surface area contributed by atoms with Gasteiger partial charge in [-0.05, 0) is 26.7 Å². The normalized spacial score (nSPS) is 28.9. The molecule has 0 aliphatic carbocycles. The lowest BCUT2D eigenvalue weighted by molar-refractivity contribution is -0.124. The van der Waals surface area contributed by atoms with E-state index in [9.17, 15) is 4.79 Å². The van der Waals surface area contributed by atoms with Gasteiger partial charge >= 0.3 is 0 Å². The highest BCUT2D eigenvalue weighted by Crippen LogP contribution is 2.18. The van der Waals surface area contributed by atoms with Crippen LogP contribution in [0, 0.1) is 0 Å². The first-order chi connectivity index (χ1) is 5.65. The maximum absolute atomic E-state index is 11.2. The fourth-order valence-corrected chi connectivity index (χ4v) is 1.80. The molecule has 2 atom stereocenters. The van der Waals surface area contributed by atoms with Gasteiger partial charge in [-0.25, -0.2) is 0 Å². The van der Waals surface area contributed by atoms with E-state index in [1.165, 1.54) is 0 Å². The number of carbonyl (C=O) groups is 1. The van der Waals surface area contributed by atoms with Crippen molar-refractivity contribution in [2.75, 3.05) is 6.54 Å². The van der Waals surface area contributed by atoms with Crippen molar-refractivity contribution >= 4 is 5.78 Å². The molecule has 2 unspecified atom stereocenters. The van der Waals surface area contributed by atoms with Crippen LogP contribution in [0.15, 0.2) is 0 Å². The molecule has 0 bridgehead atoms. The molecule has 0 N–H and O–H groups in total. The number of hydrogen-bond acceptors (Lipinski definition) is 2. The highest BCUT2D eigenvalue weighted by molar-refractivity contribution is 5.81. The van der Waals surface area contributed by atoms with Crippen molar-refractivity contribution in [1.82, 2.24) is 4.90 Å². The lowest BCUT2D eigenvalue weighted by atomic mass is 10.00. The largest absolute Gasteiger partial charge is 0.298 e. The molecule has 1 saturated heterocycles.